The quantitative estimate of drug-likeness (QED) is 0.737. The van der Waals surface area contributed by atoms with E-state index in [0.29, 0.717) is 16.4 Å². The molecule has 4 nitrogen and oxygen atoms in total. The van der Waals surface area contributed by atoms with Crippen LogP contribution in [0.4, 0.5) is 0 Å². The molecule has 0 radical (unpaired) electrons. The number of nitrogens with zero attached hydrogens (tertiary/aromatic N) is 2. The molecule has 0 unspecified atom stereocenters. The fourth-order valence-electron chi connectivity index (χ4n) is 1.73. The lowest BCUT2D eigenvalue weighted by Gasteiger charge is -1.99. The van der Waals surface area contributed by atoms with E-state index in [0.717, 1.165) is 10.0 Å². The van der Waals surface area contributed by atoms with Crippen LogP contribution in [-0.2, 0) is 0 Å². The fourth-order valence-corrected chi connectivity index (χ4v) is 2.17. The Morgan fingerprint density at radius 1 is 1.10 bits per heavy atom. The zero-order chi connectivity index (χ0) is 14.1. The molecule has 1 N–H and O–H groups in total. The Kier molecular flexibility index (Phi) is 3.46. The van der Waals surface area contributed by atoms with Gasteiger partial charge in [0.2, 0.25) is 5.82 Å². The highest BCUT2D eigenvalue weighted by Gasteiger charge is 2.14. The van der Waals surface area contributed by atoms with Gasteiger partial charge in [-0.3, -0.25) is 0 Å². The molecule has 0 fully saturated rings. The van der Waals surface area contributed by atoms with Crippen molar-refractivity contribution in [1.29, 1.82) is 0 Å². The van der Waals surface area contributed by atoms with Gasteiger partial charge in [0, 0.05) is 15.1 Å². The van der Waals surface area contributed by atoms with E-state index in [-0.39, 0.29) is 11.6 Å². The van der Waals surface area contributed by atoms with Crippen molar-refractivity contribution >= 4 is 27.5 Å². The third kappa shape index (κ3) is 2.55. The van der Waals surface area contributed by atoms with E-state index < -0.39 is 0 Å². The molecule has 3 rings (SSSR count). The van der Waals surface area contributed by atoms with Gasteiger partial charge in [0.05, 0.1) is 5.56 Å². The summed E-state index contributed by atoms with van der Waals surface area (Å²) in [5.41, 5.74) is 1.23. The largest absolute Gasteiger partial charge is 0.507 e. The molecule has 2 aromatic carbocycles. The van der Waals surface area contributed by atoms with Crippen LogP contribution < -0.4 is 0 Å². The highest BCUT2D eigenvalue weighted by Crippen LogP contribution is 2.31. The first-order chi connectivity index (χ1) is 9.63. The third-order valence-corrected chi connectivity index (χ3v) is 3.48. The average molecular weight is 352 g/mol. The van der Waals surface area contributed by atoms with Gasteiger partial charge in [-0.15, -0.1) is 0 Å². The zero-order valence-electron chi connectivity index (χ0n) is 10.0. The highest BCUT2D eigenvalue weighted by molar-refractivity contribution is 9.10. The second-order valence-electron chi connectivity index (χ2n) is 4.09. The van der Waals surface area contributed by atoms with Gasteiger partial charge in [0.25, 0.3) is 5.89 Å². The predicted molar refractivity (Wildman–Crippen MR) is 79.5 cm³/mol. The normalized spacial score (nSPS) is 10.7. The first kappa shape index (κ1) is 13.1. The minimum absolute atomic E-state index is 0.0420. The second kappa shape index (κ2) is 5.26. The lowest BCUT2D eigenvalue weighted by atomic mass is 10.2. The van der Waals surface area contributed by atoms with Crippen molar-refractivity contribution < 1.29 is 9.63 Å². The summed E-state index contributed by atoms with van der Waals surface area (Å²) >= 11 is 9.27. The van der Waals surface area contributed by atoms with Gasteiger partial charge >= 0.3 is 0 Å². The molecule has 0 spiro atoms. The summed E-state index contributed by atoms with van der Waals surface area (Å²) in [4.78, 5) is 4.27. The molecule has 6 heteroatoms. The van der Waals surface area contributed by atoms with Crippen LogP contribution in [0.1, 0.15) is 0 Å². The maximum atomic E-state index is 9.81. The van der Waals surface area contributed by atoms with Crippen molar-refractivity contribution in [3.63, 3.8) is 0 Å². The first-order valence-electron chi connectivity index (χ1n) is 5.72. The highest BCUT2D eigenvalue weighted by atomic mass is 79.9. The molecule has 0 amide bonds. The number of phenolic OH excluding ortho intramolecular Hbond substituents is 1. The molecule has 0 atom stereocenters. The molecule has 0 bridgehead atoms. The minimum atomic E-state index is 0.0420. The monoisotopic (exact) mass is 350 g/mol. The topological polar surface area (TPSA) is 59.2 Å². The number of aromatic hydroxyl groups is 1. The van der Waals surface area contributed by atoms with Crippen molar-refractivity contribution in [2.24, 2.45) is 0 Å². The number of benzene rings is 2. The molecular formula is C14H8BrClN2O2. The van der Waals surface area contributed by atoms with E-state index in [1.807, 2.05) is 24.3 Å². The van der Waals surface area contributed by atoms with Crippen LogP contribution in [0.2, 0.25) is 5.02 Å². The molecule has 100 valence electrons. The Morgan fingerprint density at radius 3 is 2.60 bits per heavy atom. The number of aromatic nitrogens is 2. The van der Waals surface area contributed by atoms with Gasteiger partial charge in [-0.05, 0) is 42.5 Å². The standard InChI is InChI=1S/C14H8BrClN2O2/c15-9-3-1-8(2-4-9)13-17-14(20-18-13)11-7-10(16)5-6-12(11)19/h1-7,19H. The molecule has 0 saturated heterocycles. The smallest absolute Gasteiger partial charge is 0.262 e. The summed E-state index contributed by atoms with van der Waals surface area (Å²) < 4.78 is 6.15. The Hall–Kier alpha value is -1.85. The van der Waals surface area contributed by atoms with Gasteiger partial charge in [-0.2, -0.15) is 4.98 Å². The molecule has 0 aliphatic heterocycles. The van der Waals surface area contributed by atoms with Crippen LogP contribution in [-0.4, -0.2) is 15.2 Å². The van der Waals surface area contributed by atoms with Crippen LogP contribution in [0, 0.1) is 0 Å². The summed E-state index contributed by atoms with van der Waals surface area (Å²) in [6.45, 7) is 0. The Balaban J connectivity index is 2.01. The minimum Gasteiger partial charge on any atom is -0.507 e. The Labute approximate surface area is 128 Å². The molecule has 20 heavy (non-hydrogen) atoms. The number of phenols is 1. The van der Waals surface area contributed by atoms with E-state index in [2.05, 4.69) is 26.1 Å². The summed E-state index contributed by atoms with van der Waals surface area (Å²) in [5, 5.41) is 14.2. The molecule has 1 heterocycles. The van der Waals surface area contributed by atoms with Crippen molar-refractivity contribution in [2.75, 3.05) is 0 Å². The molecule has 3 aromatic rings. The van der Waals surface area contributed by atoms with Crippen molar-refractivity contribution in [3.8, 4) is 28.6 Å². The van der Waals surface area contributed by atoms with Gasteiger partial charge in [-0.1, -0.05) is 32.7 Å². The van der Waals surface area contributed by atoms with E-state index >= 15 is 0 Å². The molecule has 0 aliphatic rings. The number of rotatable bonds is 2. The molecule has 1 aromatic heterocycles. The fraction of sp³-hybridized carbons (Fsp3) is 0. The van der Waals surface area contributed by atoms with Gasteiger partial charge in [-0.25, -0.2) is 0 Å². The van der Waals surface area contributed by atoms with E-state index in [4.69, 9.17) is 16.1 Å². The van der Waals surface area contributed by atoms with Crippen LogP contribution in [0.15, 0.2) is 51.5 Å². The molecule has 0 aliphatic carbocycles. The van der Waals surface area contributed by atoms with Crippen molar-refractivity contribution in [1.82, 2.24) is 10.1 Å². The average Bonchev–Trinajstić information content (AvgIpc) is 2.92. The van der Waals surface area contributed by atoms with Crippen LogP contribution in [0.25, 0.3) is 22.8 Å². The van der Waals surface area contributed by atoms with Crippen LogP contribution >= 0.6 is 27.5 Å². The Bertz CT molecular complexity index is 756. The van der Waals surface area contributed by atoms with Crippen LogP contribution in [0.3, 0.4) is 0 Å². The summed E-state index contributed by atoms with van der Waals surface area (Å²) in [5.74, 6) is 0.718. The van der Waals surface area contributed by atoms with E-state index in [9.17, 15) is 5.11 Å². The van der Waals surface area contributed by atoms with Crippen molar-refractivity contribution in [3.05, 3.63) is 52.0 Å². The number of halogens is 2. The van der Waals surface area contributed by atoms with Gasteiger partial charge in [0.1, 0.15) is 5.75 Å². The molecular weight excluding hydrogens is 344 g/mol. The lowest BCUT2D eigenvalue weighted by molar-refractivity contribution is 0.426. The summed E-state index contributed by atoms with van der Waals surface area (Å²) in [6, 6.07) is 12.2. The van der Waals surface area contributed by atoms with E-state index in [1.54, 1.807) is 12.1 Å². The third-order valence-electron chi connectivity index (χ3n) is 2.72. The van der Waals surface area contributed by atoms with Crippen LogP contribution in [0.5, 0.6) is 5.75 Å². The molecule has 0 saturated carbocycles. The lowest BCUT2D eigenvalue weighted by Crippen LogP contribution is -1.82. The maximum Gasteiger partial charge on any atom is 0.262 e. The van der Waals surface area contributed by atoms with E-state index in [1.165, 1.54) is 6.07 Å². The van der Waals surface area contributed by atoms with Gasteiger partial charge in [0.15, 0.2) is 0 Å². The predicted octanol–water partition coefficient (Wildman–Crippen LogP) is 4.53. The van der Waals surface area contributed by atoms with Gasteiger partial charge < -0.3 is 9.63 Å². The van der Waals surface area contributed by atoms with Crippen molar-refractivity contribution in [2.45, 2.75) is 0 Å². The summed E-state index contributed by atoms with van der Waals surface area (Å²) in [7, 11) is 0. The SMILES string of the molecule is Oc1ccc(Cl)cc1-c1nc(-c2ccc(Br)cc2)no1. The summed E-state index contributed by atoms with van der Waals surface area (Å²) in [6.07, 6.45) is 0. The number of hydrogen-bond donors (Lipinski definition) is 1. The first-order valence-corrected chi connectivity index (χ1v) is 6.89. The maximum absolute atomic E-state index is 9.81. The second-order valence-corrected chi connectivity index (χ2v) is 5.44. The zero-order valence-corrected chi connectivity index (χ0v) is 12.4. The number of hydrogen-bond acceptors (Lipinski definition) is 4. The Morgan fingerprint density at radius 2 is 1.85 bits per heavy atom.